The van der Waals surface area contributed by atoms with Gasteiger partial charge in [-0.25, -0.2) is 4.57 Å². The van der Waals surface area contributed by atoms with E-state index < -0.39 is 43.1 Å². The Kier molecular flexibility index (Phi) is 6.11. The van der Waals surface area contributed by atoms with Crippen LogP contribution in [0.2, 0.25) is 0 Å². The Morgan fingerprint density at radius 2 is 2.09 bits per heavy atom. The molecule has 32 heavy (non-hydrogen) atoms. The lowest BCUT2D eigenvalue weighted by Crippen LogP contribution is -2.60. The van der Waals surface area contributed by atoms with Crippen LogP contribution in [0.4, 0.5) is 0 Å². The van der Waals surface area contributed by atoms with Crippen LogP contribution < -0.4 is 5.73 Å². The lowest BCUT2D eigenvalue weighted by Gasteiger charge is -2.38. The van der Waals surface area contributed by atoms with Gasteiger partial charge in [0.2, 0.25) is 5.91 Å². The lowest BCUT2D eigenvalue weighted by atomic mass is 9.92. The number of carbonyl (C=O) groups excluding carboxylic acids is 3. The Morgan fingerprint density at radius 3 is 2.72 bits per heavy atom. The second-order valence-electron chi connectivity index (χ2n) is 9.24. The number of phosphoric ester groups is 1. The average molecular weight is 472 g/mol. The van der Waals surface area contributed by atoms with E-state index in [1.165, 1.54) is 17.2 Å². The first-order valence-electron chi connectivity index (χ1n) is 10.7. The topological polar surface area (TPSA) is 144 Å². The van der Waals surface area contributed by atoms with Gasteiger partial charge in [-0.1, -0.05) is 0 Å². The van der Waals surface area contributed by atoms with Crippen LogP contribution in [0.1, 0.15) is 46.5 Å². The maximum Gasteiger partial charge on any atom is 0.475 e. The number of ketones is 1. The fraction of sp³-hybridized carbons (Fsp3) is 0.750. The molecule has 4 rings (SSSR count). The maximum absolute atomic E-state index is 13.1. The van der Waals surface area contributed by atoms with Gasteiger partial charge in [0, 0.05) is 6.20 Å². The molecule has 0 aromatic heterocycles. The highest BCUT2D eigenvalue weighted by atomic mass is 31.2. The summed E-state index contributed by atoms with van der Waals surface area (Å²) in [4.78, 5) is 37.3. The van der Waals surface area contributed by atoms with E-state index in [1.54, 1.807) is 20.8 Å². The maximum atomic E-state index is 13.1. The predicted octanol–water partition coefficient (Wildman–Crippen LogP) is 1.41. The van der Waals surface area contributed by atoms with Crippen molar-refractivity contribution >= 4 is 25.5 Å². The number of amides is 1. The summed E-state index contributed by atoms with van der Waals surface area (Å²) in [5.74, 6) is -1.02. The van der Waals surface area contributed by atoms with Crippen LogP contribution in [0.5, 0.6) is 0 Å². The Hall–Kier alpha value is -1.62. The van der Waals surface area contributed by atoms with E-state index in [4.69, 9.17) is 28.8 Å². The molecule has 2 N–H and O–H groups in total. The first-order chi connectivity index (χ1) is 15.0. The molecule has 11 nitrogen and oxygen atoms in total. The highest BCUT2D eigenvalue weighted by Gasteiger charge is 2.60. The van der Waals surface area contributed by atoms with Gasteiger partial charge in [0.15, 0.2) is 12.0 Å². The minimum Gasteiger partial charge on any atom is -0.463 e. The number of fused-ring (bicyclic) bond motifs is 1. The Morgan fingerprint density at radius 1 is 1.38 bits per heavy atom. The van der Waals surface area contributed by atoms with Crippen molar-refractivity contribution in [2.45, 2.75) is 76.5 Å². The summed E-state index contributed by atoms with van der Waals surface area (Å²) < 4.78 is 40.7. The molecular weight excluding hydrogens is 443 g/mol. The van der Waals surface area contributed by atoms with Gasteiger partial charge < -0.3 is 15.2 Å². The number of nitrogens with zero attached hydrogens (tertiary/aromatic N) is 1. The third-order valence-electron chi connectivity index (χ3n) is 6.17. The summed E-state index contributed by atoms with van der Waals surface area (Å²) >= 11 is 0. The molecule has 3 aliphatic heterocycles. The first kappa shape index (κ1) is 23.5. The molecule has 0 unspecified atom stereocenters. The van der Waals surface area contributed by atoms with Gasteiger partial charge in [0.05, 0.1) is 36.7 Å². The number of ether oxygens (including phenoxy) is 2. The summed E-state index contributed by atoms with van der Waals surface area (Å²) in [5.41, 5.74) is 4.61. The summed E-state index contributed by atoms with van der Waals surface area (Å²) in [7, 11) is -3.96. The van der Waals surface area contributed by atoms with Crippen molar-refractivity contribution in [1.82, 2.24) is 4.90 Å². The minimum absolute atomic E-state index is 0.0110. The molecule has 0 radical (unpaired) electrons. The highest BCUT2D eigenvalue weighted by Crippen LogP contribution is 2.58. The molecule has 5 atom stereocenters. The van der Waals surface area contributed by atoms with E-state index in [9.17, 15) is 18.9 Å². The van der Waals surface area contributed by atoms with Crippen molar-refractivity contribution in [3.63, 3.8) is 0 Å². The van der Waals surface area contributed by atoms with E-state index in [0.717, 1.165) is 0 Å². The molecule has 4 aliphatic rings. The van der Waals surface area contributed by atoms with Crippen molar-refractivity contribution in [3.8, 4) is 0 Å². The van der Waals surface area contributed by atoms with Gasteiger partial charge in [0.1, 0.15) is 12.2 Å². The summed E-state index contributed by atoms with van der Waals surface area (Å²) in [5, 5.41) is 0. The normalized spacial score (nSPS) is 38.2. The SMILES string of the molecule is CC(C)OC(=O)C1(CCO[P@]2(=O)OC[C@H]3O[C@@H](N4C=CC(=O)CC4=O)[C@](C)(N)[C@@H]3O2)CC1. The Labute approximate surface area is 186 Å². The predicted molar refractivity (Wildman–Crippen MR) is 109 cm³/mol. The number of rotatable bonds is 7. The Bertz CT molecular complexity index is 882. The molecule has 3 heterocycles. The van der Waals surface area contributed by atoms with Gasteiger partial charge in [-0.3, -0.25) is 32.9 Å². The zero-order valence-electron chi connectivity index (χ0n) is 18.4. The smallest absolute Gasteiger partial charge is 0.463 e. The highest BCUT2D eigenvalue weighted by molar-refractivity contribution is 7.48. The number of nitrogens with two attached hydrogens (primary N) is 1. The second-order valence-corrected chi connectivity index (χ2v) is 10.9. The lowest BCUT2D eigenvalue weighted by molar-refractivity contribution is -0.154. The summed E-state index contributed by atoms with van der Waals surface area (Å²) in [6.45, 7) is 5.08. The van der Waals surface area contributed by atoms with Crippen LogP contribution in [-0.4, -0.2) is 65.9 Å². The number of hydrogen-bond acceptors (Lipinski definition) is 10. The Balaban J connectivity index is 1.38. The summed E-state index contributed by atoms with van der Waals surface area (Å²) in [6, 6.07) is 0. The zero-order valence-corrected chi connectivity index (χ0v) is 19.2. The second kappa shape index (κ2) is 8.30. The molecule has 0 aromatic carbocycles. The van der Waals surface area contributed by atoms with Crippen LogP contribution in [-0.2, 0) is 42.0 Å². The molecular formula is C20H29N2O9P. The third-order valence-corrected chi connectivity index (χ3v) is 7.62. The molecule has 1 amide bonds. The largest absolute Gasteiger partial charge is 0.475 e. The monoisotopic (exact) mass is 472 g/mol. The van der Waals surface area contributed by atoms with Crippen LogP contribution in [0.25, 0.3) is 0 Å². The van der Waals surface area contributed by atoms with Crippen LogP contribution in [0.15, 0.2) is 12.3 Å². The molecule has 1 aliphatic carbocycles. The van der Waals surface area contributed by atoms with E-state index in [0.29, 0.717) is 19.3 Å². The van der Waals surface area contributed by atoms with E-state index >= 15 is 0 Å². The van der Waals surface area contributed by atoms with Gasteiger partial charge in [0.25, 0.3) is 0 Å². The minimum atomic E-state index is -3.96. The van der Waals surface area contributed by atoms with Crippen molar-refractivity contribution in [2.75, 3.05) is 13.2 Å². The number of carbonyl (C=O) groups is 3. The first-order valence-corrected chi connectivity index (χ1v) is 12.2. The van der Waals surface area contributed by atoms with Gasteiger partial charge in [-0.2, -0.15) is 0 Å². The van der Waals surface area contributed by atoms with E-state index in [1.807, 2.05) is 0 Å². The standard InChI is InChI=1S/C20H29N2O9P/c1-12(2)29-18(25)20(5-6-20)7-9-27-32(26)28-11-14-16(31-32)19(3,21)17(30-14)22-8-4-13(23)10-15(22)24/h4,8,12,14,16-17H,5-7,9-11,21H2,1-3H3/t14-,16-,17-,19-,32-/m1/s1. The van der Waals surface area contributed by atoms with Crippen molar-refractivity contribution in [1.29, 1.82) is 0 Å². The van der Waals surface area contributed by atoms with Crippen LogP contribution in [0.3, 0.4) is 0 Å². The molecule has 0 bridgehead atoms. The fourth-order valence-corrected chi connectivity index (χ4v) is 5.64. The molecule has 1 saturated carbocycles. The fourth-order valence-electron chi connectivity index (χ4n) is 4.15. The van der Waals surface area contributed by atoms with Crippen LogP contribution in [0, 0.1) is 5.41 Å². The molecule has 2 saturated heterocycles. The zero-order chi connectivity index (χ0) is 23.3. The van der Waals surface area contributed by atoms with E-state index in [-0.39, 0.29) is 37.5 Å². The quantitative estimate of drug-likeness (QED) is 0.328. The van der Waals surface area contributed by atoms with Gasteiger partial charge >= 0.3 is 13.8 Å². The van der Waals surface area contributed by atoms with Crippen molar-refractivity contribution in [3.05, 3.63) is 12.3 Å². The number of esters is 1. The van der Waals surface area contributed by atoms with Crippen molar-refractivity contribution in [2.24, 2.45) is 11.1 Å². The van der Waals surface area contributed by atoms with E-state index in [2.05, 4.69) is 0 Å². The van der Waals surface area contributed by atoms with Gasteiger partial charge in [-0.15, -0.1) is 0 Å². The van der Waals surface area contributed by atoms with Crippen molar-refractivity contribution < 1.29 is 42.0 Å². The number of phosphoric acid groups is 1. The molecule has 178 valence electrons. The molecule has 12 heteroatoms. The number of hydrogen-bond donors (Lipinski definition) is 1. The third kappa shape index (κ3) is 4.42. The van der Waals surface area contributed by atoms with Crippen LogP contribution >= 0.6 is 7.82 Å². The molecule has 3 fully saturated rings. The number of allylic oxidation sites excluding steroid dienone is 1. The van der Waals surface area contributed by atoms with Gasteiger partial charge in [-0.05, 0) is 46.1 Å². The molecule has 0 spiro atoms. The summed E-state index contributed by atoms with van der Waals surface area (Å²) in [6.07, 6.45) is 1.38. The average Bonchev–Trinajstić information content (AvgIpc) is 3.43. The molecule has 0 aromatic rings.